The summed E-state index contributed by atoms with van der Waals surface area (Å²) in [6.07, 6.45) is -0.218. The molecule has 0 aliphatic rings. The van der Waals surface area contributed by atoms with Gasteiger partial charge in [-0.3, -0.25) is 4.79 Å². The van der Waals surface area contributed by atoms with Crippen LogP contribution in [0.3, 0.4) is 0 Å². The van der Waals surface area contributed by atoms with Crippen LogP contribution >= 0.6 is 0 Å². The molecule has 0 amide bonds. The van der Waals surface area contributed by atoms with E-state index in [1.807, 2.05) is 18.2 Å². The number of aliphatic carboxylic acids is 1. The Morgan fingerprint density at radius 2 is 1.62 bits per heavy atom. The summed E-state index contributed by atoms with van der Waals surface area (Å²) >= 11 is 0. The van der Waals surface area contributed by atoms with Crippen molar-refractivity contribution in [2.24, 2.45) is 0 Å². The quantitative estimate of drug-likeness (QED) is 0.666. The fraction of sp³-hybridized carbons (Fsp3) is 0.188. The number of hydrogen-bond donors (Lipinski definition) is 3. The van der Waals surface area contributed by atoms with Gasteiger partial charge < -0.3 is 14.9 Å². The van der Waals surface area contributed by atoms with Crippen LogP contribution < -0.4 is 9.46 Å². The van der Waals surface area contributed by atoms with Gasteiger partial charge in [-0.15, -0.1) is 0 Å². The summed E-state index contributed by atoms with van der Waals surface area (Å²) in [4.78, 5) is 10.9. The third kappa shape index (κ3) is 4.79. The van der Waals surface area contributed by atoms with Gasteiger partial charge in [0, 0.05) is 6.61 Å². The van der Waals surface area contributed by atoms with E-state index < -0.39 is 28.6 Å². The summed E-state index contributed by atoms with van der Waals surface area (Å²) < 4.78 is 32.0. The number of carboxylic acids is 1. The van der Waals surface area contributed by atoms with E-state index in [1.54, 1.807) is 12.1 Å². The molecule has 128 valence electrons. The second-order valence-corrected chi connectivity index (χ2v) is 6.62. The molecular formula is C16H17NO6S. The van der Waals surface area contributed by atoms with Crippen LogP contribution in [-0.4, -0.2) is 37.2 Å². The monoisotopic (exact) mass is 351 g/mol. The molecule has 0 spiro atoms. The number of sulfonamides is 1. The molecule has 0 bridgehead atoms. The largest absolute Gasteiger partial charge is 0.480 e. The summed E-state index contributed by atoms with van der Waals surface area (Å²) in [6, 6.07) is 13.2. The molecular weight excluding hydrogens is 334 g/mol. The smallest absolute Gasteiger partial charge is 0.321 e. The number of benzene rings is 2. The van der Waals surface area contributed by atoms with Crippen LogP contribution in [0.25, 0.3) is 0 Å². The molecule has 8 heteroatoms. The molecule has 0 saturated heterocycles. The Hall–Kier alpha value is -2.42. The van der Waals surface area contributed by atoms with Gasteiger partial charge in [-0.05, 0) is 42.8 Å². The molecule has 0 fully saturated rings. The van der Waals surface area contributed by atoms with Gasteiger partial charge in [0.25, 0.3) is 0 Å². The predicted octanol–water partition coefficient (Wildman–Crippen LogP) is 1.59. The highest BCUT2D eigenvalue weighted by Crippen LogP contribution is 2.22. The molecule has 0 aliphatic heterocycles. The Morgan fingerprint density at radius 1 is 1.04 bits per heavy atom. The minimum Gasteiger partial charge on any atom is -0.480 e. The van der Waals surface area contributed by atoms with Crippen LogP contribution in [-0.2, 0) is 14.8 Å². The number of aliphatic hydroxyl groups is 1. The molecule has 0 saturated carbocycles. The van der Waals surface area contributed by atoms with Gasteiger partial charge in [-0.1, -0.05) is 18.2 Å². The molecule has 2 aromatic carbocycles. The molecule has 24 heavy (non-hydrogen) atoms. The number of ether oxygens (including phenoxy) is 1. The van der Waals surface area contributed by atoms with Crippen molar-refractivity contribution in [1.29, 1.82) is 0 Å². The molecule has 3 N–H and O–H groups in total. The SMILES string of the molecule is O=C(O)C(CCO)NS(=O)(=O)c1ccc(Oc2ccccc2)cc1. The number of hydrogen-bond acceptors (Lipinski definition) is 5. The maximum atomic E-state index is 12.2. The van der Waals surface area contributed by atoms with Gasteiger partial charge in [0.15, 0.2) is 0 Å². The van der Waals surface area contributed by atoms with E-state index in [-0.39, 0.29) is 11.3 Å². The number of aliphatic hydroxyl groups excluding tert-OH is 1. The highest BCUT2D eigenvalue weighted by Gasteiger charge is 2.24. The summed E-state index contributed by atoms with van der Waals surface area (Å²) in [5, 5.41) is 17.8. The average Bonchev–Trinajstić information content (AvgIpc) is 2.56. The molecule has 0 radical (unpaired) electrons. The van der Waals surface area contributed by atoms with Crippen LogP contribution in [0.5, 0.6) is 11.5 Å². The molecule has 7 nitrogen and oxygen atoms in total. The number of nitrogens with one attached hydrogen (secondary N) is 1. The second kappa shape index (κ2) is 7.91. The van der Waals surface area contributed by atoms with Crippen LogP contribution in [0.4, 0.5) is 0 Å². The van der Waals surface area contributed by atoms with Gasteiger partial charge in [0.1, 0.15) is 17.5 Å². The van der Waals surface area contributed by atoms with Crippen LogP contribution in [0.15, 0.2) is 59.5 Å². The number of rotatable bonds is 8. The Labute approximate surface area is 139 Å². The lowest BCUT2D eigenvalue weighted by Crippen LogP contribution is -2.41. The first-order valence-electron chi connectivity index (χ1n) is 7.11. The standard InChI is InChI=1S/C16H17NO6S/c18-11-10-15(16(19)20)17-24(21,22)14-8-6-13(7-9-14)23-12-4-2-1-3-5-12/h1-9,15,17-18H,10-11H2,(H,19,20). The highest BCUT2D eigenvalue weighted by molar-refractivity contribution is 7.89. The first kappa shape index (κ1) is 17.9. The van der Waals surface area contributed by atoms with Gasteiger partial charge in [-0.25, -0.2) is 8.42 Å². The minimum atomic E-state index is -4.01. The van der Waals surface area contributed by atoms with Gasteiger partial charge in [-0.2, -0.15) is 4.72 Å². The van der Waals surface area contributed by atoms with Crippen molar-refractivity contribution in [2.75, 3.05) is 6.61 Å². The number of para-hydroxylation sites is 1. The van der Waals surface area contributed by atoms with E-state index in [2.05, 4.69) is 4.72 Å². The third-order valence-electron chi connectivity index (χ3n) is 3.13. The summed E-state index contributed by atoms with van der Waals surface area (Å²) in [7, 11) is -4.01. The normalized spacial score (nSPS) is 12.5. The van der Waals surface area contributed by atoms with Gasteiger partial charge in [0.05, 0.1) is 4.90 Å². The van der Waals surface area contributed by atoms with Gasteiger partial charge >= 0.3 is 5.97 Å². The summed E-state index contributed by atoms with van der Waals surface area (Å²) in [5.74, 6) is -0.290. The lowest BCUT2D eigenvalue weighted by atomic mass is 10.2. The van der Waals surface area contributed by atoms with Crippen molar-refractivity contribution in [1.82, 2.24) is 4.72 Å². The van der Waals surface area contributed by atoms with Gasteiger partial charge in [0.2, 0.25) is 10.0 Å². The Kier molecular flexibility index (Phi) is 5.91. The van der Waals surface area contributed by atoms with E-state index in [0.29, 0.717) is 11.5 Å². The Balaban J connectivity index is 2.12. The van der Waals surface area contributed by atoms with Crippen molar-refractivity contribution < 1.29 is 28.2 Å². The Bertz CT molecular complexity index is 774. The molecule has 2 aromatic rings. The molecule has 1 unspecified atom stereocenters. The number of carboxylic acid groups (broad SMARTS) is 1. The molecule has 2 rings (SSSR count). The fourth-order valence-electron chi connectivity index (χ4n) is 1.93. The maximum absolute atomic E-state index is 12.2. The lowest BCUT2D eigenvalue weighted by molar-refractivity contribution is -0.139. The molecule has 0 aromatic heterocycles. The number of carbonyl (C=O) groups is 1. The van der Waals surface area contributed by atoms with E-state index in [4.69, 9.17) is 14.9 Å². The van der Waals surface area contributed by atoms with Crippen LogP contribution in [0.2, 0.25) is 0 Å². The Morgan fingerprint density at radius 3 is 2.17 bits per heavy atom. The van der Waals surface area contributed by atoms with E-state index in [9.17, 15) is 13.2 Å². The van der Waals surface area contributed by atoms with Crippen LogP contribution in [0.1, 0.15) is 6.42 Å². The van der Waals surface area contributed by atoms with Crippen molar-refractivity contribution >= 4 is 16.0 Å². The lowest BCUT2D eigenvalue weighted by Gasteiger charge is -2.14. The zero-order valence-electron chi connectivity index (χ0n) is 12.6. The molecule has 0 aliphatic carbocycles. The summed E-state index contributed by atoms with van der Waals surface area (Å²) in [5.41, 5.74) is 0. The zero-order chi connectivity index (χ0) is 17.6. The molecule has 0 heterocycles. The maximum Gasteiger partial charge on any atom is 0.321 e. The summed E-state index contributed by atoms with van der Waals surface area (Å²) in [6.45, 7) is -0.441. The van der Waals surface area contributed by atoms with Crippen molar-refractivity contribution in [2.45, 2.75) is 17.4 Å². The predicted molar refractivity (Wildman–Crippen MR) is 86.4 cm³/mol. The van der Waals surface area contributed by atoms with E-state index >= 15 is 0 Å². The highest BCUT2D eigenvalue weighted by atomic mass is 32.2. The molecule has 1 atom stereocenters. The van der Waals surface area contributed by atoms with Crippen molar-refractivity contribution in [3.63, 3.8) is 0 Å². The minimum absolute atomic E-state index is 0.0906. The second-order valence-electron chi connectivity index (χ2n) is 4.91. The average molecular weight is 351 g/mol. The van der Waals surface area contributed by atoms with Crippen molar-refractivity contribution in [3.8, 4) is 11.5 Å². The fourth-order valence-corrected chi connectivity index (χ4v) is 3.15. The first-order valence-corrected chi connectivity index (χ1v) is 8.59. The topological polar surface area (TPSA) is 113 Å². The van der Waals surface area contributed by atoms with Crippen LogP contribution in [0, 0.1) is 0 Å². The van der Waals surface area contributed by atoms with E-state index in [1.165, 1.54) is 24.3 Å². The van der Waals surface area contributed by atoms with Crippen molar-refractivity contribution in [3.05, 3.63) is 54.6 Å². The third-order valence-corrected chi connectivity index (χ3v) is 4.61. The van der Waals surface area contributed by atoms with E-state index in [0.717, 1.165) is 0 Å². The zero-order valence-corrected chi connectivity index (χ0v) is 13.4. The first-order chi connectivity index (χ1) is 11.4.